The number of fused-ring (bicyclic) bond motifs is 1. The Bertz CT molecular complexity index is 503. The second-order valence-corrected chi connectivity index (χ2v) is 4.20. The molecular weight excluding hydrogens is 246 g/mol. The summed E-state index contributed by atoms with van der Waals surface area (Å²) in [6, 6.07) is 5.71. The molecule has 0 aliphatic carbocycles. The van der Waals surface area contributed by atoms with E-state index < -0.39 is 23.8 Å². The molecule has 1 aliphatic heterocycles. The molecule has 0 fully saturated rings. The van der Waals surface area contributed by atoms with Gasteiger partial charge < -0.3 is 4.74 Å². The predicted molar refractivity (Wildman–Crippen MR) is 67.7 cm³/mol. The Labute approximate surface area is 111 Å². The second kappa shape index (κ2) is 5.22. The van der Waals surface area contributed by atoms with Crippen LogP contribution in [0.25, 0.3) is 0 Å². The lowest BCUT2D eigenvalue weighted by molar-refractivity contribution is -0.147. The van der Waals surface area contributed by atoms with Crippen LogP contribution >= 0.6 is 0 Å². The quantitative estimate of drug-likeness (QED) is 0.610. The number of hydrogen-bond acceptors (Lipinski definition) is 4. The Kier molecular flexibility index (Phi) is 3.64. The number of rotatable bonds is 4. The normalized spacial score (nSPS) is 15.4. The van der Waals surface area contributed by atoms with Crippen molar-refractivity contribution in [3.8, 4) is 0 Å². The van der Waals surface area contributed by atoms with Gasteiger partial charge in [0.2, 0.25) is 0 Å². The van der Waals surface area contributed by atoms with E-state index in [1.54, 1.807) is 38.1 Å². The summed E-state index contributed by atoms with van der Waals surface area (Å²) in [5.74, 6) is -1.40. The molecule has 0 saturated carbocycles. The predicted octanol–water partition coefficient (Wildman–Crippen LogP) is 1.62. The van der Waals surface area contributed by atoms with Gasteiger partial charge in [0.15, 0.2) is 0 Å². The summed E-state index contributed by atoms with van der Waals surface area (Å²) in [4.78, 5) is 37.3. The van der Waals surface area contributed by atoms with Crippen LogP contribution in [0.1, 0.15) is 41.0 Å². The van der Waals surface area contributed by atoms with E-state index in [1.165, 1.54) is 0 Å². The number of carbonyl (C=O) groups excluding carboxylic acids is 3. The standard InChI is InChI=1S/C14H15NO4/c1-3-11(14(18)19-4-2)15-12(16)9-7-5-6-8-10(9)13(15)17/h5-8,11H,3-4H2,1-2H3. The fourth-order valence-corrected chi connectivity index (χ4v) is 2.18. The van der Waals surface area contributed by atoms with Gasteiger partial charge in [0.05, 0.1) is 17.7 Å². The van der Waals surface area contributed by atoms with Gasteiger partial charge in [0.1, 0.15) is 6.04 Å². The SMILES string of the molecule is CCOC(=O)C(CC)N1C(=O)c2ccccc2C1=O. The van der Waals surface area contributed by atoms with Gasteiger partial charge in [-0.25, -0.2) is 4.79 Å². The molecule has 1 heterocycles. The smallest absolute Gasteiger partial charge is 0.329 e. The van der Waals surface area contributed by atoms with Gasteiger partial charge in [0, 0.05) is 0 Å². The van der Waals surface area contributed by atoms with Gasteiger partial charge in [-0.2, -0.15) is 0 Å². The molecule has 5 nitrogen and oxygen atoms in total. The van der Waals surface area contributed by atoms with Crippen molar-refractivity contribution in [2.75, 3.05) is 6.61 Å². The third-order valence-electron chi connectivity index (χ3n) is 3.08. The minimum absolute atomic E-state index is 0.221. The number of hydrogen-bond donors (Lipinski definition) is 0. The summed E-state index contributed by atoms with van der Waals surface area (Å²) >= 11 is 0. The molecule has 0 saturated heterocycles. The van der Waals surface area contributed by atoms with Crippen LogP contribution < -0.4 is 0 Å². The Morgan fingerprint density at radius 1 is 1.16 bits per heavy atom. The molecule has 1 atom stereocenters. The number of carbonyl (C=O) groups is 3. The van der Waals surface area contributed by atoms with Crippen LogP contribution in [0.4, 0.5) is 0 Å². The Balaban J connectivity index is 2.35. The molecule has 5 heteroatoms. The van der Waals surface area contributed by atoms with Crippen LogP contribution in [0, 0.1) is 0 Å². The highest BCUT2D eigenvalue weighted by atomic mass is 16.5. The van der Waals surface area contributed by atoms with Gasteiger partial charge in [-0.15, -0.1) is 0 Å². The molecule has 1 aromatic carbocycles. The zero-order valence-electron chi connectivity index (χ0n) is 10.9. The highest BCUT2D eigenvalue weighted by molar-refractivity contribution is 6.22. The first kappa shape index (κ1) is 13.3. The molecule has 0 spiro atoms. The van der Waals surface area contributed by atoms with Gasteiger partial charge >= 0.3 is 5.97 Å². The van der Waals surface area contributed by atoms with Crippen LogP contribution in [-0.4, -0.2) is 35.3 Å². The molecule has 0 aromatic heterocycles. The van der Waals surface area contributed by atoms with E-state index in [1.807, 2.05) is 0 Å². The van der Waals surface area contributed by atoms with Crippen LogP contribution in [0.15, 0.2) is 24.3 Å². The summed E-state index contributed by atoms with van der Waals surface area (Å²) in [5, 5.41) is 0. The van der Waals surface area contributed by atoms with Crippen LogP contribution in [-0.2, 0) is 9.53 Å². The lowest BCUT2D eigenvalue weighted by atomic mass is 10.1. The molecule has 1 aromatic rings. The van der Waals surface area contributed by atoms with E-state index in [9.17, 15) is 14.4 Å². The van der Waals surface area contributed by atoms with Gasteiger partial charge in [0.25, 0.3) is 11.8 Å². The number of amides is 2. The van der Waals surface area contributed by atoms with Gasteiger partial charge in [-0.1, -0.05) is 19.1 Å². The molecular formula is C14H15NO4. The van der Waals surface area contributed by atoms with E-state index in [0.717, 1.165) is 4.90 Å². The number of benzene rings is 1. The maximum absolute atomic E-state index is 12.2. The van der Waals surface area contributed by atoms with E-state index in [-0.39, 0.29) is 6.61 Å². The third kappa shape index (κ3) is 2.12. The Hall–Kier alpha value is -2.17. The molecule has 1 unspecified atom stereocenters. The third-order valence-corrected chi connectivity index (χ3v) is 3.08. The monoisotopic (exact) mass is 261 g/mol. The molecule has 0 bridgehead atoms. The van der Waals surface area contributed by atoms with E-state index in [4.69, 9.17) is 4.74 Å². The maximum atomic E-state index is 12.2. The summed E-state index contributed by atoms with van der Waals surface area (Å²) < 4.78 is 4.92. The first-order chi connectivity index (χ1) is 9.11. The van der Waals surface area contributed by atoms with Gasteiger partial charge in [-0.3, -0.25) is 14.5 Å². The highest BCUT2D eigenvalue weighted by Gasteiger charge is 2.42. The Morgan fingerprint density at radius 2 is 1.68 bits per heavy atom. The first-order valence-corrected chi connectivity index (χ1v) is 6.25. The number of ether oxygens (including phenoxy) is 1. The molecule has 0 N–H and O–H groups in total. The molecule has 1 aliphatic rings. The van der Waals surface area contributed by atoms with Crippen molar-refractivity contribution in [1.29, 1.82) is 0 Å². The fraction of sp³-hybridized carbons (Fsp3) is 0.357. The summed E-state index contributed by atoms with van der Waals surface area (Å²) in [6.45, 7) is 3.65. The average molecular weight is 261 g/mol. The number of esters is 1. The minimum Gasteiger partial charge on any atom is -0.464 e. The molecule has 2 amide bonds. The van der Waals surface area contributed by atoms with Crippen molar-refractivity contribution in [2.24, 2.45) is 0 Å². The summed E-state index contributed by atoms with van der Waals surface area (Å²) in [5.41, 5.74) is 0.686. The lowest BCUT2D eigenvalue weighted by Gasteiger charge is -2.22. The van der Waals surface area contributed by atoms with Crippen molar-refractivity contribution >= 4 is 17.8 Å². The van der Waals surface area contributed by atoms with Gasteiger partial charge in [-0.05, 0) is 25.5 Å². The zero-order chi connectivity index (χ0) is 14.0. The zero-order valence-corrected chi connectivity index (χ0v) is 10.9. The van der Waals surface area contributed by atoms with Crippen molar-refractivity contribution in [2.45, 2.75) is 26.3 Å². The van der Waals surface area contributed by atoms with Crippen molar-refractivity contribution in [1.82, 2.24) is 4.90 Å². The lowest BCUT2D eigenvalue weighted by Crippen LogP contribution is -2.45. The maximum Gasteiger partial charge on any atom is 0.329 e. The number of nitrogens with zero attached hydrogens (tertiary/aromatic N) is 1. The second-order valence-electron chi connectivity index (χ2n) is 4.20. The summed E-state index contributed by atoms with van der Waals surface area (Å²) in [7, 11) is 0. The van der Waals surface area contributed by atoms with Crippen LogP contribution in [0.2, 0.25) is 0 Å². The van der Waals surface area contributed by atoms with Crippen LogP contribution in [0.5, 0.6) is 0 Å². The molecule has 19 heavy (non-hydrogen) atoms. The molecule has 100 valence electrons. The average Bonchev–Trinajstić information content (AvgIpc) is 2.66. The van der Waals surface area contributed by atoms with Crippen LogP contribution in [0.3, 0.4) is 0 Å². The molecule has 0 radical (unpaired) electrons. The van der Waals surface area contributed by atoms with Crippen molar-refractivity contribution in [3.63, 3.8) is 0 Å². The fourth-order valence-electron chi connectivity index (χ4n) is 2.18. The highest BCUT2D eigenvalue weighted by Crippen LogP contribution is 2.25. The largest absolute Gasteiger partial charge is 0.464 e. The Morgan fingerprint density at radius 3 is 2.11 bits per heavy atom. The van der Waals surface area contributed by atoms with E-state index in [2.05, 4.69) is 0 Å². The number of imide groups is 1. The van der Waals surface area contributed by atoms with Crippen molar-refractivity contribution < 1.29 is 19.1 Å². The summed E-state index contributed by atoms with van der Waals surface area (Å²) in [6.07, 6.45) is 0.338. The van der Waals surface area contributed by atoms with E-state index >= 15 is 0 Å². The first-order valence-electron chi connectivity index (χ1n) is 6.25. The van der Waals surface area contributed by atoms with E-state index in [0.29, 0.717) is 17.5 Å². The molecule has 2 rings (SSSR count). The minimum atomic E-state index is -0.854. The van der Waals surface area contributed by atoms with Crippen molar-refractivity contribution in [3.05, 3.63) is 35.4 Å². The topological polar surface area (TPSA) is 63.7 Å².